The molecule has 0 radical (unpaired) electrons. The first-order chi connectivity index (χ1) is 9.67. The predicted molar refractivity (Wildman–Crippen MR) is 86.6 cm³/mol. The van der Waals surface area contributed by atoms with Gasteiger partial charge in [-0.15, -0.1) is 0 Å². The second-order valence-electron chi connectivity index (χ2n) is 5.39. The second kappa shape index (κ2) is 5.41. The molecule has 1 heterocycles. The molecule has 2 aromatic rings. The number of aliphatic imine (C=N–C) groups is 1. The molecule has 0 amide bonds. The van der Waals surface area contributed by atoms with Gasteiger partial charge in [-0.2, -0.15) is 0 Å². The van der Waals surface area contributed by atoms with E-state index in [4.69, 9.17) is 16.6 Å². The Morgan fingerprint density at radius 3 is 2.75 bits per heavy atom. The number of hydrogen-bond donors (Lipinski definition) is 0. The van der Waals surface area contributed by atoms with E-state index in [0.29, 0.717) is 0 Å². The Morgan fingerprint density at radius 2 is 1.95 bits per heavy atom. The molecule has 1 aliphatic heterocycles. The SMILES string of the molecule is CCCc1ccc2c(c1)Cc1cc(Cl)ccc1N=C2C. The highest BCUT2D eigenvalue weighted by atomic mass is 35.5. The minimum atomic E-state index is 0.782. The summed E-state index contributed by atoms with van der Waals surface area (Å²) in [6.07, 6.45) is 3.21. The maximum Gasteiger partial charge on any atom is 0.0669 e. The number of hydrogen-bond acceptors (Lipinski definition) is 1. The lowest BCUT2D eigenvalue weighted by Gasteiger charge is -2.09. The third kappa shape index (κ3) is 2.51. The lowest BCUT2D eigenvalue weighted by atomic mass is 9.95. The maximum absolute atomic E-state index is 6.13. The van der Waals surface area contributed by atoms with Crippen molar-refractivity contribution in [3.05, 3.63) is 63.7 Å². The zero-order valence-corrected chi connectivity index (χ0v) is 12.7. The highest BCUT2D eigenvalue weighted by Crippen LogP contribution is 2.31. The topological polar surface area (TPSA) is 12.4 Å². The van der Waals surface area contributed by atoms with Crippen LogP contribution in [-0.2, 0) is 12.8 Å². The van der Waals surface area contributed by atoms with Crippen LogP contribution in [0.25, 0.3) is 0 Å². The molecule has 0 bridgehead atoms. The van der Waals surface area contributed by atoms with Gasteiger partial charge < -0.3 is 0 Å². The average Bonchev–Trinajstić information content (AvgIpc) is 2.55. The van der Waals surface area contributed by atoms with Crippen molar-refractivity contribution in [2.75, 3.05) is 0 Å². The molecule has 0 N–H and O–H groups in total. The van der Waals surface area contributed by atoms with Gasteiger partial charge in [0.05, 0.1) is 5.69 Å². The summed E-state index contributed by atoms with van der Waals surface area (Å²) in [7, 11) is 0. The lowest BCUT2D eigenvalue weighted by molar-refractivity contribution is 0.918. The van der Waals surface area contributed by atoms with Gasteiger partial charge in [0.2, 0.25) is 0 Å². The van der Waals surface area contributed by atoms with Crippen LogP contribution in [0.1, 0.15) is 42.5 Å². The molecule has 2 heteroatoms. The lowest BCUT2D eigenvalue weighted by Crippen LogP contribution is -2.00. The molecule has 0 aromatic heterocycles. The summed E-state index contributed by atoms with van der Waals surface area (Å²) in [5, 5.41) is 0.782. The average molecular weight is 284 g/mol. The van der Waals surface area contributed by atoms with Crippen molar-refractivity contribution in [1.29, 1.82) is 0 Å². The fourth-order valence-corrected chi connectivity index (χ4v) is 3.04. The van der Waals surface area contributed by atoms with E-state index < -0.39 is 0 Å². The number of aryl methyl sites for hydroxylation is 1. The summed E-state index contributed by atoms with van der Waals surface area (Å²) in [5.74, 6) is 0. The van der Waals surface area contributed by atoms with Gasteiger partial charge in [-0.05, 0) is 53.8 Å². The molecule has 20 heavy (non-hydrogen) atoms. The molecule has 2 aromatic carbocycles. The summed E-state index contributed by atoms with van der Waals surface area (Å²) in [6, 6.07) is 12.7. The van der Waals surface area contributed by atoms with Gasteiger partial charge in [0.15, 0.2) is 0 Å². The van der Waals surface area contributed by atoms with E-state index >= 15 is 0 Å². The molecule has 1 nitrogen and oxygen atoms in total. The molecule has 102 valence electrons. The normalized spacial score (nSPS) is 13.2. The quantitative estimate of drug-likeness (QED) is 0.706. The van der Waals surface area contributed by atoms with E-state index in [9.17, 15) is 0 Å². The van der Waals surface area contributed by atoms with E-state index in [1.807, 2.05) is 18.2 Å². The van der Waals surface area contributed by atoms with Gasteiger partial charge in [0.25, 0.3) is 0 Å². The van der Waals surface area contributed by atoms with E-state index in [-0.39, 0.29) is 0 Å². The van der Waals surface area contributed by atoms with Crippen LogP contribution in [0.15, 0.2) is 41.4 Å². The summed E-state index contributed by atoms with van der Waals surface area (Å²) in [6.45, 7) is 4.30. The molecular formula is C18H18ClN. The minimum Gasteiger partial charge on any atom is -0.253 e. The van der Waals surface area contributed by atoms with E-state index in [1.165, 1.54) is 28.7 Å². The molecule has 0 fully saturated rings. The largest absolute Gasteiger partial charge is 0.253 e. The molecule has 0 saturated heterocycles. The van der Waals surface area contributed by atoms with Gasteiger partial charge in [-0.3, -0.25) is 4.99 Å². The molecular weight excluding hydrogens is 266 g/mol. The van der Waals surface area contributed by atoms with Gasteiger partial charge in [-0.25, -0.2) is 0 Å². The number of benzene rings is 2. The highest BCUT2D eigenvalue weighted by molar-refractivity contribution is 6.30. The van der Waals surface area contributed by atoms with Crippen LogP contribution in [0.5, 0.6) is 0 Å². The fraction of sp³-hybridized carbons (Fsp3) is 0.278. The van der Waals surface area contributed by atoms with Gasteiger partial charge in [-0.1, -0.05) is 43.1 Å². The van der Waals surface area contributed by atoms with E-state index in [0.717, 1.165) is 29.3 Å². The Balaban J connectivity index is 2.12. The van der Waals surface area contributed by atoms with Crippen LogP contribution in [-0.4, -0.2) is 5.71 Å². The fourth-order valence-electron chi connectivity index (χ4n) is 2.84. The first-order valence-electron chi connectivity index (χ1n) is 7.13. The van der Waals surface area contributed by atoms with Crippen molar-refractivity contribution in [1.82, 2.24) is 0 Å². The standard InChI is InChI=1S/C18H18ClN/c1-3-4-13-5-7-17-12(2)20-18-8-6-16(19)11-15(18)10-14(17)9-13/h5-9,11H,3-4,10H2,1-2H3. The third-order valence-corrected chi connectivity index (χ3v) is 4.04. The summed E-state index contributed by atoms with van der Waals surface area (Å²) in [4.78, 5) is 4.76. The maximum atomic E-state index is 6.13. The highest BCUT2D eigenvalue weighted by Gasteiger charge is 2.14. The molecule has 1 aliphatic rings. The molecule has 0 unspecified atom stereocenters. The van der Waals surface area contributed by atoms with Crippen molar-refractivity contribution in [3.8, 4) is 0 Å². The van der Waals surface area contributed by atoms with Crippen LogP contribution < -0.4 is 0 Å². The van der Waals surface area contributed by atoms with Crippen LogP contribution in [0.4, 0.5) is 5.69 Å². The monoisotopic (exact) mass is 283 g/mol. The zero-order chi connectivity index (χ0) is 14.1. The van der Waals surface area contributed by atoms with Crippen LogP contribution >= 0.6 is 11.6 Å². The zero-order valence-electron chi connectivity index (χ0n) is 11.9. The Morgan fingerprint density at radius 1 is 1.10 bits per heavy atom. The van der Waals surface area contributed by atoms with Crippen LogP contribution in [0.3, 0.4) is 0 Å². The van der Waals surface area contributed by atoms with Crippen molar-refractivity contribution >= 4 is 23.0 Å². The molecule has 0 aliphatic carbocycles. The molecule has 0 saturated carbocycles. The Bertz CT molecular complexity index is 686. The predicted octanol–water partition coefficient (Wildman–Crippen LogP) is 5.34. The molecule has 3 rings (SSSR count). The van der Waals surface area contributed by atoms with E-state index in [1.54, 1.807) is 0 Å². The van der Waals surface area contributed by atoms with E-state index in [2.05, 4.69) is 32.0 Å². The van der Waals surface area contributed by atoms with Crippen molar-refractivity contribution in [2.45, 2.75) is 33.1 Å². The van der Waals surface area contributed by atoms with Crippen molar-refractivity contribution in [2.24, 2.45) is 4.99 Å². The third-order valence-electron chi connectivity index (χ3n) is 3.81. The van der Waals surface area contributed by atoms with Crippen molar-refractivity contribution < 1.29 is 0 Å². The molecule has 0 atom stereocenters. The number of nitrogens with zero attached hydrogens (tertiary/aromatic N) is 1. The Hall–Kier alpha value is -1.60. The second-order valence-corrected chi connectivity index (χ2v) is 5.82. The van der Waals surface area contributed by atoms with Crippen LogP contribution in [0.2, 0.25) is 5.02 Å². The van der Waals surface area contributed by atoms with Gasteiger partial charge >= 0.3 is 0 Å². The summed E-state index contributed by atoms with van der Waals surface area (Å²) >= 11 is 6.13. The summed E-state index contributed by atoms with van der Waals surface area (Å²) in [5.41, 5.74) is 7.37. The number of fused-ring (bicyclic) bond motifs is 2. The Kier molecular flexibility index (Phi) is 3.62. The number of rotatable bonds is 2. The number of halogens is 1. The molecule has 0 spiro atoms. The minimum absolute atomic E-state index is 0.782. The van der Waals surface area contributed by atoms with Gasteiger partial charge in [0.1, 0.15) is 0 Å². The van der Waals surface area contributed by atoms with Gasteiger partial charge in [0, 0.05) is 17.2 Å². The van der Waals surface area contributed by atoms with Crippen LogP contribution in [0, 0.1) is 0 Å². The first kappa shape index (κ1) is 13.4. The van der Waals surface area contributed by atoms with Crippen molar-refractivity contribution in [3.63, 3.8) is 0 Å². The summed E-state index contributed by atoms with van der Waals surface area (Å²) < 4.78 is 0. The smallest absolute Gasteiger partial charge is 0.0669 e. The first-order valence-corrected chi connectivity index (χ1v) is 7.51. The Labute approximate surface area is 125 Å².